The molecule has 1 aliphatic rings. The van der Waals surface area contributed by atoms with Gasteiger partial charge in [-0.25, -0.2) is 5.43 Å². The highest BCUT2D eigenvalue weighted by Gasteiger charge is 2.27. The zero-order chi connectivity index (χ0) is 25.1. The van der Waals surface area contributed by atoms with Crippen LogP contribution in [0, 0.1) is 0 Å². The fraction of sp³-hybridized carbons (Fsp3) is 0.148. The summed E-state index contributed by atoms with van der Waals surface area (Å²) in [7, 11) is 1.57. The van der Waals surface area contributed by atoms with Gasteiger partial charge in [-0.15, -0.1) is 0 Å². The number of rotatable bonds is 6. The van der Waals surface area contributed by atoms with Crippen LogP contribution in [0.25, 0.3) is 10.8 Å². The number of ether oxygens (including phenoxy) is 3. The van der Waals surface area contributed by atoms with Crippen LogP contribution in [0.15, 0.2) is 82.7 Å². The van der Waals surface area contributed by atoms with E-state index in [4.69, 9.17) is 14.2 Å². The Morgan fingerprint density at radius 2 is 1.78 bits per heavy atom. The molecule has 9 heteroatoms. The fourth-order valence-corrected chi connectivity index (χ4v) is 3.98. The van der Waals surface area contributed by atoms with Crippen molar-refractivity contribution in [2.75, 3.05) is 13.7 Å². The minimum Gasteiger partial charge on any atom is -0.497 e. The van der Waals surface area contributed by atoms with E-state index in [0.29, 0.717) is 33.6 Å². The average molecular weight is 485 g/mol. The number of aromatic nitrogens is 1. The number of hydrogen-bond donors (Lipinski definition) is 2. The first kappa shape index (κ1) is 23.0. The van der Waals surface area contributed by atoms with Gasteiger partial charge < -0.3 is 19.3 Å². The van der Waals surface area contributed by atoms with Crippen molar-refractivity contribution < 1.29 is 24.1 Å². The molecule has 1 amide bonds. The van der Waals surface area contributed by atoms with E-state index in [9.17, 15) is 14.7 Å². The van der Waals surface area contributed by atoms with Gasteiger partial charge in [0.25, 0.3) is 11.5 Å². The first-order chi connectivity index (χ1) is 17.5. The third kappa shape index (κ3) is 4.46. The molecule has 0 radical (unpaired) electrons. The number of nitrogens with zero attached hydrogens (tertiary/aromatic N) is 2. The first-order valence-electron chi connectivity index (χ1n) is 11.2. The monoisotopic (exact) mass is 485 g/mol. The molecule has 2 N–H and O–H groups in total. The summed E-state index contributed by atoms with van der Waals surface area (Å²) < 4.78 is 17.7. The lowest BCUT2D eigenvalue weighted by Gasteiger charge is -2.24. The maximum absolute atomic E-state index is 13.2. The minimum absolute atomic E-state index is 0.0410. The number of hydrogen-bond acceptors (Lipinski definition) is 7. The van der Waals surface area contributed by atoms with Crippen LogP contribution in [0.2, 0.25) is 0 Å². The largest absolute Gasteiger partial charge is 0.497 e. The Bertz CT molecular complexity index is 1510. The molecule has 1 aliphatic heterocycles. The number of carbonyl (C=O) groups excluding carboxylic acids is 1. The maximum atomic E-state index is 13.2. The lowest BCUT2D eigenvalue weighted by molar-refractivity contribution is -0.130. The van der Waals surface area contributed by atoms with E-state index in [2.05, 4.69) is 10.5 Å². The Morgan fingerprint density at radius 3 is 2.53 bits per heavy atom. The predicted molar refractivity (Wildman–Crippen MR) is 134 cm³/mol. The van der Waals surface area contributed by atoms with Gasteiger partial charge in [0.05, 0.1) is 25.4 Å². The second-order valence-corrected chi connectivity index (χ2v) is 8.12. The van der Waals surface area contributed by atoms with E-state index in [-0.39, 0.29) is 24.6 Å². The Morgan fingerprint density at radius 1 is 1.08 bits per heavy atom. The van der Waals surface area contributed by atoms with Crippen molar-refractivity contribution in [1.29, 1.82) is 0 Å². The van der Waals surface area contributed by atoms with Crippen LogP contribution in [0.1, 0.15) is 11.1 Å². The van der Waals surface area contributed by atoms with Crippen molar-refractivity contribution in [2.45, 2.75) is 12.6 Å². The molecule has 1 unspecified atom stereocenters. The molecule has 0 fully saturated rings. The molecule has 3 aromatic carbocycles. The quantitative estimate of drug-likeness (QED) is 0.321. The smallest absolute Gasteiger partial charge is 0.284 e. The summed E-state index contributed by atoms with van der Waals surface area (Å²) in [5, 5.41) is 16.0. The van der Waals surface area contributed by atoms with Crippen molar-refractivity contribution in [2.24, 2.45) is 5.10 Å². The van der Waals surface area contributed by atoms with E-state index in [1.807, 2.05) is 18.2 Å². The van der Waals surface area contributed by atoms with E-state index in [0.717, 1.165) is 5.56 Å². The molecular formula is C27H23N3O6. The normalized spacial score (nSPS) is 14.6. The van der Waals surface area contributed by atoms with E-state index < -0.39 is 12.0 Å². The summed E-state index contributed by atoms with van der Waals surface area (Å²) in [6, 6.07) is 21.2. The molecule has 2 heterocycles. The maximum Gasteiger partial charge on any atom is 0.284 e. The molecule has 182 valence electrons. The highest BCUT2D eigenvalue weighted by molar-refractivity contribution is 6.01. The third-order valence-corrected chi connectivity index (χ3v) is 5.86. The number of benzene rings is 3. The molecule has 0 saturated carbocycles. The SMILES string of the molecule is COc1ccc(Cn2c(O)c(C=NNC(=O)C3COc4ccccc4O3)c3ccccc3c2=O)cc1. The average Bonchev–Trinajstić information content (AvgIpc) is 2.92. The van der Waals surface area contributed by atoms with Crippen LogP contribution >= 0.6 is 0 Å². The van der Waals surface area contributed by atoms with Gasteiger partial charge in [0.15, 0.2) is 11.5 Å². The van der Waals surface area contributed by atoms with Crippen LogP contribution in [0.3, 0.4) is 0 Å². The Balaban J connectivity index is 1.41. The minimum atomic E-state index is -0.883. The number of pyridine rings is 1. The summed E-state index contributed by atoms with van der Waals surface area (Å²) in [5.74, 6) is 0.964. The number of nitrogens with one attached hydrogen (secondary N) is 1. The summed E-state index contributed by atoms with van der Waals surface area (Å²) >= 11 is 0. The number of aromatic hydroxyl groups is 1. The third-order valence-electron chi connectivity index (χ3n) is 5.86. The lowest BCUT2D eigenvalue weighted by atomic mass is 10.1. The molecule has 9 nitrogen and oxygen atoms in total. The molecule has 36 heavy (non-hydrogen) atoms. The second kappa shape index (κ2) is 9.83. The first-order valence-corrected chi connectivity index (χ1v) is 11.2. The lowest BCUT2D eigenvalue weighted by Crippen LogP contribution is -2.42. The van der Waals surface area contributed by atoms with Crippen LogP contribution < -0.4 is 25.2 Å². The van der Waals surface area contributed by atoms with Crippen molar-refractivity contribution in [1.82, 2.24) is 9.99 Å². The number of hydrazone groups is 1. The van der Waals surface area contributed by atoms with Crippen molar-refractivity contribution in [3.63, 3.8) is 0 Å². The standard InChI is InChI=1S/C27H23N3O6/c1-34-18-12-10-17(11-13-18)15-30-26(32)20-7-3-2-6-19(20)21(27(30)33)14-28-29-25(31)24-16-35-22-8-4-5-9-23(22)36-24/h2-14,24,33H,15-16H2,1H3,(H,29,31). The molecule has 0 spiro atoms. The molecule has 0 aliphatic carbocycles. The fourth-order valence-electron chi connectivity index (χ4n) is 3.98. The molecule has 5 rings (SSSR count). The molecule has 1 aromatic heterocycles. The van der Waals surface area contributed by atoms with E-state index in [1.165, 1.54) is 10.8 Å². The predicted octanol–water partition coefficient (Wildman–Crippen LogP) is 3.05. The molecule has 4 aromatic rings. The Hall–Kier alpha value is -4.79. The van der Waals surface area contributed by atoms with Crippen LogP contribution in [-0.2, 0) is 11.3 Å². The van der Waals surface area contributed by atoms with Crippen LogP contribution in [0.5, 0.6) is 23.1 Å². The van der Waals surface area contributed by atoms with Crippen LogP contribution in [-0.4, -0.2) is 41.6 Å². The number of para-hydroxylation sites is 2. The van der Waals surface area contributed by atoms with Crippen molar-refractivity contribution >= 4 is 22.9 Å². The molecule has 1 atom stereocenters. The van der Waals surface area contributed by atoms with Gasteiger partial charge in [0, 0.05) is 10.8 Å². The van der Waals surface area contributed by atoms with Crippen molar-refractivity contribution in [3.05, 3.63) is 94.3 Å². The van der Waals surface area contributed by atoms with Gasteiger partial charge in [0.1, 0.15) is 12.4 Å². The van der Waals surface area contributed by atoms with Gasteiger partial charge in [0.2, 0.25) is 12.0 Å². The number of fused-ring (bicyclic) bond motifs is 2. The molecule has 0 saturated heterocycles. The highest BCUT2D eigenvalue weighted by atomic mass is 16.6. The van der Waals surface area contributed by atoms with Crippen molar-refractivity contribution in [3.8, 4) is 23.1 Å². The summed E-state index contributed by atoms with van der Waals surface area (Å²) in [5.41, 5.74) is 3.19. The molecular weight excluding hydrogens is 462 g/mol. The van der Waals surface area contributed by atoms with Gasteiger partial charge in [-0.1, -0.05) is 42.5 Å². The zero-order valence-corrected chi connectivity index (χ0v) is 19.4. The number of methoxy groups -OCH3 is 1. The zero-order valence-electron chi connectivity index (χ0n) is 19.4. The topological polar surface area (TPSA) is 111 Å². The van der Waals surface area contributed by atoms with Crippen LogP contribution in [0.4, 0.5) is 0 Å². The van der Waals surface area contributed by atoms with Gasteiger partial charge >= 0.3 is 0 Å². The summed E-state index contributed by atoms with van der Waals surface area (Å²) in [6.07, 6.45) is 0.434. The van der Waals surface area contributed by atoms with E-state index in [1.54, 1.807) is 61.7 Å². The highest BCUT2D eigenvalue weighted by Crippen LogP contribution is 2.31. The summed E-state index contributed by atoms with van der Waals surface area (Å²) in [4.78, 5) is 25.8. The van der Waals surface area contributed by atoms with Gasteiger partial charge in [-0.2, -0.15) is 5.10 Å². The Labute approximate surface area is 206 Å². The van der Waals surface area contributed by atoms with E-state index >= 15 is 0 Å². The van der Waals surface area contributed by atoms with Gasteiger partial charge in [-0.05, 0) is 35.9 Å². The van der Waals surface area contributed by atoms with Gasteiger partial charge in [-0.3, -0.25) is 14.2 Å². The Kier molecular flexibility index (Phi) is 6.27. The number of carbonyl (C=O) groups is 1. The molecule has 0 bridgehead atoms. The second-order valence-electron chi connectivity index (χ2n) is 8.12. The number of amides is 1. The summed E-state index contributed by atoms with van der Waals surface area (Å²) in [6.45, 7) is 0.179.